The maximum Gasteiger partial charge on any atom is 0.174 e. The van der Waals surface area contributed by atoms with Crippen molar-refractivity contribution in [2.75, 3.05) is 0 Å². The molecule has 0 aliphatic carbocycles. The third kappa shape index (κ3) is 0.980. The number of hydrogen-bond donors (Lipinski definition) is 1. The minimum atomic E-state index is 0.517. The second-order valence-electron chi connectivity index (χ2n) is 2.07. The number of furan rings is 1. The van der Waals surface area contributed by atoms with E-state index in [1.165, 1.54) is 0 Å². The molecule has 1 aromatic heterocycles. The zero-order valence-corrected chi connectivity index (χ0v) is 5.69. The lowest BCUT2D eigenvalue weighted by atomic mass is 10.2. The van der Waals surface area contributed by atoms with Crippen LogP contribution in [0.15, 0.2) is 4.42 Å². The molecule has 2 nitrogen and oxygen atoms in total. The molecule has 2 N–H and O–H groups in total. The van der Waals surface area contributed by atoms with Crippen LogP contribution < -0.4 is 5.73 Å². The van der Waals surface area contributed by atoms with Gasteiger partial charge in [0.1, 0.15) is 5.76 Å². The normalized spacial score (nSPS) is 10.1. The molecule has 9 heavy (non-hydrogen) atoms. The highest BCUT2D eigenvalue weighted by atomic mass is 16.3. The maximum atomic E-state index is 5.37. The predicted octanol–water partition coefficient (Wildman–Crippen LogP) is 1.16. The van der Waals surface area contributed by atoms with Crippen molar-refractivity contribution in [2.24, 2.45) is 5.73 Å². The van der Waals surface area contributed by atoms with E-state index in [0.717, 1.165) is 16.9 Å². The average Bonchev–Trinajstić information content (AvgIpc) is 2.15. The lowest BCUT2D eigenvalue weighted by Crippen LogP contribution is -1.95. The van der Waals surface area contributed by atoms with E-state index in [1.807, 2.05) is 13.8 Å². The van der Waals surface area contributed by atoms with Crippen molar-refractivity contribution in [3.63, 3.8) is 0 Å². The molecule has 1 radical (unpaired) electrons. The molecule has 0 amide bonds. The van der Waals surface area contributed by atoms with E-state index in [0.29, 0.717) is 6.54 Å². The summed E-state index contributed by atoms with van der Waals surface area (Å²) in [5, 5.41) is 0. The molecule has 0 saturated heterocycles. The summed E-state index contributed by atoms with van der Waals surface area (Å²) in [5.74, 6) is 0.912. The maximum absolute atomic E-state index is 5.37. The molecule has 2 heteroatoms. The zero-order valence-electron chi connectivity index (χ0n) is 5.69. The van der Waals surface area contributed by atoms with Crippen molar-refractivity contribution in [3.05, 3.63) is 23.2 Å². The molecule has 0 aliphatic rings. The lowest BCUT2D eigenvalue weighted by molar-refractivity contribution is 0.521. The van der Waals surface area contributed by atoms with Crippen LogP contribution in [0, 0.1) is 20.1 Å². The molecule has 0 saturated carbocycles. The van der Waals surface area contributed by atoms with Gasteiger partial charge in [0, 0.05) is 12.1 Å². The molecular weight excluding hydrogens is 114 g/mol. The van der Waals surface area contributed by atoms with Crippen LogP contribution in [-0.4, -0.2) is 0 Å². The zero-order chi connectivity index (χ0) is 6.85. The van der Waals surface area contributed by atoms with Gasteiger partial charge in [0.05, 0.1) is 0 Å². The summed E-state index contributed by atoms with van der Waals surface area (Å²) in [6.07, 6.45) is 2.72. The Morgan fingerprint density at radius 1 is 1.56 bits per heavy atom. The van der Waals surface area contributed by atoms with Crippen molar-refractivity contribution in [1.82, 2.24) is 0 Å². The Kier molecular flexibility index (Phi) is 1.58. The van der Waals surface area contributed by atoms with Crippen molar-refractivity contribution in [2.45, 2.75) is 20.4 Å². The molecule has 0 fully saturated rings. The molecule has 0 bridgehead atoms. The Balaban J connectivity index is 3.04. The molecule has 1 rings (SSSR count). The highest BCUT2D eigenvalue weighted by Crippen LogP contribution is 2.12. The van der Waals surface area contributed by atoms with Gasteiger partial charge in [-0.1, -0.05) is 0 Å². The third-order valence-corrected chi connectivity index (χ3v) is 1.51. The van der Waals surface area contributed by atoms with Crippen LogP contribution in [0.1, 0.15) is 16.9 Å². The third-order valence-electron chi connectivity index (χ3n) is 1.51. The van der Waals surface area contributed by atoms with Gasteiger partial charge in [-0.3, -0.25) is 0 Å². The number of nitrogens with two attached hydrogens (primary N) is 1. The van der Waals surface area contributed by atoms with Gasteiger partial charge in [0.15, 0.2) is 6.26 Å². The van der Waals surface area contributed by atoms with E-state index in [-0.39, 0.29) is 0 Å². The number of aryl methyl sites for hydroxylation is 1. The van der Waals surface area contributed by atoms with Crippen LogP contribution >= 0.6 is 0 Å². The van der Waals surface area contributed by atoms with Crippen LogP contribution in [0.3, 0.4) is 0 Å². The fourth-order valence-corrected chi connectivity index (χ4v) is 0.698. The van der Waals surface area contributed by atoms with Crippen molar-refractivity contribution in [1.29, 1.82) is 0 Å². The Labute approximate surface area is 54.7 Å². The summed E-state index contributed by atoms with van der Waals surface area (Å²) < 4.78 is 4.98. The fourth-order valence-electron chi connectivity index (χ4n) is 0.698. The Morgan fingerprint density at radius 2 is 2.22 bits per heavy atom. The number of rotatable bonds is 1. The quantitative estimate of drug-likeness (QED) is 0.610. The van der Waals surface area contributed by atoms with E-state index < -0.39 is 0 Å². The minimum absolute atomic E-state index is 0.517. The first-order chi connectivity index (χ1) is 4.25. The summed E-state index contributed by atoms with van der Waals surface area (Å²) >= 11 is 0. The van der Waals surface area contributed by atoms with E-state index in [9.17, 15) is 0 Å². The van der Waals surface area contributed by atoms with Crippen molar-refractivity contribution >= 4 is 0 Å². The summed E-state index contributed by atoms with van der Waals surface area (Å²) in [4.78, 5) is 0. The van der Waals surface area contributed by atoms with Crippen LogP contribution in [0.4, 0.5) is 0 Å². The summed E-state index contributed by atoms with van der Waals surface area (Å²) in [6.45, 7) is 4.41. The lowest BCUT2D eigenvalue weighted by Gasteiger charge is -1.88. The van der Waals surface area contributed by atoms with Gasteiger partial charge in [-0.2, -0.15) is 0 Å². The summed E-state index contributed by atoms with van der Waals surface area (Å²) in [7, 11) is 0. The van der Waals surface area contributed by atoms with Crippen LogP contribution in [0.2, 0.25) is 0 Å². The SMILES string of the molecule is Cc1o[c]c(CN)c1C. The van der Waals surface area contributed by atoms with E-state index in [2.05, 4.69) is 6.26 Å². The highest BCUT2D eigenvalue weighted by molar-refractivity contribution is 5.24. The van der Waals surface area contributed by atoms with Crippen molar-refractivity contribution < 1.29 is 4.42 Å². The molecule has 0 aliphatic heterocycles. The predicted molar refractivity (Wildman–Crippen MR) is 34.9 cm³/mol. The van der Waals surface area contributed by atoms with Crippen molar-refractivity contribution in [3.8, 4) is 0 Å². The largest absolute Gasteiger partial charge is 0.457 e. The van der Waals surface area contributed by atoms with Gasteiger partial charge in [-0.15, -0.1) is 0 Å². The van der Waals surface area contributed by atoms with Crippen LogP contribution in [0.5, 0.6) is 0 Å². The molecule has 1 aromatic rings. The standard InChI is InChI=1S/C7H10NO/c1-5-6(2)9-4-7(5)3-8/h3,8H2,1-2H3. The molecule has 0 spiro atoms. The van der Waals surface area contributed by atoms with Gasteiger partial charge >= 0.3 is 0 Å². The minimum Gasteiger partial charge on any atom is -0.457 e. The van der Waals surface area contributed by atoms with Crippen LogP contribution in [0.25, 0.3) is 0 Å². The fraction of sp³-hybridized carbons (Fsp3) is 0.429. The smallest absolute Gasteiger partial charge is 0.174 e. The van der Waals surface area contributed by atoms with Gasteiger partial charge in [0.25, 0.3) is 0 Å². The van der Waals surface area contributed by atoms with E-state index >= 15 is 0 Å². The molecule has 0 atom stereocenters. The first kappa shape index (κ1) is 6.36. The van der Waals surface area contributed by atoms with Crippen LogP contribution in [-0.2, 0) is 6.54 Å². The van der Waals surface area contributed by atoms with E-state index in [4.69, 9.17) is 10.2 Å². The van der Waals surface area contributed by atoms with Gasteiger partial charge < -0.3 is 10.2 Å². The second-order valence-corrected chi connectivity index (χ2v) is 2.07. The first-order valence-electron chi connectivity index (χ1n) is 2.92. The Morgan fingerprint density at radius 3 is 2.44 bits per heavy atom. The summed E-state index contributed by atoms with van der Waals surface area (Å²) in [6, 6.07) is 0. The Hall–Kier alpha value is -0.760. The van der Waals surface area contributed by atoms with Gasteiger partial charge in [-0.05, 0) is 19.4 Å². The van der Waals surface area contributed by atoms with E-state index in [1.54, 1.807) is 0 Å². The number of hydrogen-bond acceptors (Lipinski definition) is 2. The van der Waals surface area contributed by atoms with Gasteiger partial charge in [-0.25, -0.2) is 0 Å². The monoisotopic (exact) mass is 124 g/mol. The molecule has 49 valence electrons. The Bertz CT molecular complexity index is 203. The first-order valence-corrected chi connectivity index (χ1v) is 2.92. The highest BCUT2D eigenvalue weighted by Gasteiger charge is 2.02. The second kappa shape index (κ2) is 2.23. The molecular formula is C7H10NO. The van der Waals surface area contributed by atoms with Gasteiger partial charge in [0.2, 0.25) is 0 Å². The summed E-state index contributed by atoms with van der Waals surface area (Å²) in [5.41, 5.74) is 7.47. The average molecular weight is 124 g/mol. The molecule has 1 heterocycles. The molecule has 0 aromatic carbocycles. The molecule has 0 unspecified atom stereocenters. The topological polar surface area (TPSA) is 39.2 Å².